The smallest absolute Gasteiger partial charge is 0.0709 e. The first-order chi connectivity index (χ1) is 8.85. The van der Waals surface area contributed by atoms with Crippen LogP contribution in [-0.2, 0) is 0 Å². The Labute approximate surface area is 109 Å². The highest BCUT2D eigenvalue weighted by Crippen LogP contribution is 2.18. The molecule has 0 saturated heterocycles. The SMILES string of the molecule is C=C/C=C(\C=C)c1ccc2ccccc2n1.CC. The Bertz CT molecular complexity index is 565. The van der Waals surface area contributed by atoms with Gasteiger partial charge >= 0.3 is 0 Å². The summed E-state index contributed by atoms with van der Waals surface area (Å²) in [4.78, 5) is 4.58. The van der Waals surface area contributed by atoms with Gasteiger partial charge in [-0.15, -0.1) is 0 Å². The van der Waals surface area contributed by atoms with E-state index >= 15 is 0 Å². The molecule has 1 heterocycles. The van der Waals surface area contributed by atoms with E-state index in [2.05, 4.69) is 30.3 Å². The number of aromatic nitrogens is 1. The van der Waals surface area contributed by atoms with Gasteiger partial charge in [0.1, 0.15) is 0 Å². The summed E-state index contributed by atoms with van der Waals surface area (Å²) in [5.74, 6) is 0. The van der Waals surface area contributed by atoms with E-state index in [0.717, 1.165) is 22.2 Å². The Morgan fingerprint density at radius 2 is 1.78 bits per heavy atom. The second kappa shape index (κ2) is 7.23. The molecule has 1 aromatic carbocycles. The largest absolute Gasteiger partial charge is 0.248 e. The van der Waals surface area contributed by atoms with Crippen molar-refractivity contribution in [2.75, 3.05) is 0 Å². The van der Waals surface area contributed by atoms with E-state index in [1.54, 1.807) is 12.2 Å². The lowest BCUT2D eigenvalue weighted by atomic mass is 10.1. The maximum absolute atomic E-state index is 4.58. The van der Waals surface area contributed by atoms with Crippen molar-refractivity contribution in [2.45, 2.75) is 13.8 Å². The van der Waals surface area contributed by atoms with Crippen molar-refractivity contribution in [2.24, 2.45) is 0 Å². The van der Waals surface area contributed by atoms with Crippen LogP contribution in [-0.4, -0.2) is 4.98 Å². The number of allylic oxidation sites excluding steroid dienone is 4. The van der Waals surface area contributed by atoms with Crippen molar-refractivity contribution < 1.29 is 0 Å². The quantitative estimate of drug-likeness (QED) is 0.683. The minimum atomic E-state index is 0.925. The Balaban J connectivity index is 0.000000771. The molecule has 0 fully saturated rings. The number of hydrogen-bond donors (Lipinski definition) is 0. The van der Waals surface area contributed by atoms with E-state index < -0.39 is 0 Å². The van der Waals surface area contributed by atoms with Crippen molar-refractivity contribution >= 4 is 16.5 Å². The van der Waals surface area contributed by atoms with Gasteiger partial charge in [0, 0.05) is 5.39 Å². The molecule has 0 aliphatic rings. The highest BCUT2D eigenvalue weighted by atomic mass is 14.7. The molecule has 0 saturated carbocycles. The predicted molar refractivity (Wildman–Crippen MR) is 81.5 cm³/mol. The summed E-state index contributed by atoms with van der Waals surface area (Å²) >= 11 is 0. The van der Waals surface area contributed by atoms with Crippen LogP contribution in [0.1, 0.15) is 19.5 Å². The Hall–Kier alpha value is -2.15. The first kappa shape index (κ1) is 13.9. The standard InChI is InChI=1S/C15H13N.C2H6/c1-3-7-12(4-2)15-11-10-13-8-5-6-9-14(13)16-15;1-2/h3-11H,1-2H2;1-2H3/b12-7+;. The molecule has 2 aromatic rings. The normalized spacial score (nSPS) is 10.4. The number of pyridine rings is 1. The summed E-state index contributed by atoms with van der Waals surface area (Å²) in [5.41, 5.74) is 2.91. The molecular formula is C17H19N. The van der Waals surface area contributed by atoms with Gasteiger partial charge in [0.05, 0.1) is 11.2 Å². The Morgan fingerprint density at radius 1 is 1.06 bits per heavy atom. The summed E-state index contributed by atoms with van der Waals surface area (Å²) in [6.07, 6.45) is 5.44. The highest BCUT2D eigenvalue weighted by molar-refractivity contribution is 5.82. The highest BCUT2D eigenvalue weighted by Gasteiger charge is 1.99. The van der Waals surface area contributed by atoms with Gasteiger partial charge in [-0.25, -0.2) is 4.98 Å². The van der Waals surface area contributed by atoms with Gasteiger partial charge in [0.2, 0.25) is 0 Å². The minimum Gasteiger partial charge on any atom is -0.248 e. The van der Waals surface area contributed by atoms with E-state index in [4.69, 9.17) is 0 Å². The molecule has 0 aliphatic heterocycles. The third-order valence-electron chi connectivity index (χ3n) is 2.41. The van der Waals surface area contributed by atoms with Crippen LogP contribution >= 0.6 is 0 Å². The molecule has 1 heteroatoms. The molecule has 2 rings (SSSR count). The average Bonchev–Trinajstić information content (AvgIpc) is 2.46. The minimum absolute atomic E-state index is 0.925. The molecule has 0 N–H and O–H groups in total. The lowest BCUT2D eigenvalue weighted by Gasteiger charge is -2.02. The molecule has 92 valence electrons. The number of nitrogens with zero attached hydrogens (tertiary/aromatic N) is 1. The molecule has 1 nitrogen and oxygen atoms in total. The summed E-state index contributed by atoms with van der Waals surface area (Å²) in [5, 5.41) is 1.15. The van der Waals surface area contributed by atoms with Crippen LogP contribution in [0.25, 0.3) is 16.5 Å². The van der Waals surface area contributed by atoms with Gasteiger partial charge < -0.3 is 0 Å². The third kappa shape index (κ3) is 3.17. The maximum atomic E-state index is 4.58. The number of fused-ring (bicyclic) bond motifs is 1. The van der Waals surface area contributed by atoms with Gasteiger partial charge in [0.25, 0.3) is 0 Å². The van der Waals surface area contributed by atoms with Gasteiger partial charge in [-0.1, -0.05) is 69.5 Å². The molecule has 0 amide bonds. The second-order valence-electron chi connectivity index (χ2n) is 3.45. The van der Waals surface area contributed by atoms with Gasteiger partial charge in [0.15, 0.2) is 0 Å². The maximum Gasteiger partial charge on any atom is 0.0709 e. The van der Waals surface area contributed by atoms with Crippen LogP contribution in [0.2, 0.25) is 0 Å². The molecule has 1 aromatic heterocycles. The topological polar surface area (TPSA) is 12.9 Å². The molecule has 18 heavy (non-hydrogen) atoms. The lowest BCUT2D eigenvalue weighted by Crippen LogP contribution is -1.87. The predicted octanol–water partition coefficient (Wildman–Crippen LogP) is 5.02. The zero-order valence-electron chi connectivity index (χ0n) is 11.1. The molecule has 0 spiro atoms. The second-order valence-corrected chi connectivity index (χ2v) is 3.45. The van der Waals surface area contributed by atoms with Gasteiger partial charge in [-0.05, 0) is 17.7 Å². The van der Waals surface area contributed by atoms with Crippen LogP contribution in [0.4, 0.5) is 0 Å². The monoisotopic (exact) mass is 237 g/mol. The summed E-state index contributed by atoms with van der Waals surface area (Å²) < 4.78 is 0. The van der Waals surface area contributed by atoms with E-state index in [1.165, 1.54) is 0 Å². The van der Waals surface area contributed by atoms with E-state index in [1.807, 2.05) is 44.2 Å². The van der Waals surface area contributed by atoms with Crippen molar-refractivity contribution in [3.63, 3.8) is 0 Å². The number of benzene rings is 1. The summed E-state index contributed by atoms with van der Waals surface area (Å²) in [6, 6.07) is 12.1. The van der Waals surface area contributed by atoms with Crippen LogP contribution in [0.15, 0.2) is 67.8 Å². The van der Waals surface area contributed by atoms with Crippen LogP contribution in [0.5, 0.6) is 0 Å². The lowest BCUT2D eigenvalue weighted by molar-refractivity contribution is 1.35. The van der Waals surface area contributed by atoms with Crippen molar-refractivity contribution in [3.8, 4) is 0 Å². The zero-order valence-corrected chi connectivity index (χ0v) is 11.1. The molecular weight excluding hydrogens is 218 g/mol. The van der Waals surface area contributed by atoms with Crippen molar-refractivity contribution in [1.29, 1.82) is 0 Å². The van der Waals surface area contributed by atoms with Crippen LogP contribution < -0.4 is 0 Å². The fraction of sp³-hybridized carbons (Fsp3) is 0.118. The van der Waals surface area contributed by atoms with Gasteiger partial charge in [-0.3, -0.25) is 0 Å². The Morgan fingerprint density at radius 3 is 2.44 bits per heavy atom. The molecule has 0 aliphatic carbocycles. The first-order valence-electron chi connectivity index (χ1n) is 6.16. The number of hydrogen-bond acceptors (Lipinski definition) is 1. The third-order valence-corrected chi connectivity index (χ3v) is 2.41. The zero-order chi connectivity index (χ0) is 13.4. The first-order valence-corrected chi connectivity index (χ1v) is 6.16. The van der Waals surface area contributed by atoms with E-state index in [9.17, 15) is 0 Å². The molecule has 0 radical (unpaired) electrons. The fourth-order valence-corrected chi connectivity index (χ4v) is 1.61. The molecule has 0 bridgehead atoms. The van der Waals surface area contributed by atoms with Crippen molar-refractivity contribution in [3.05, 3.63) is 73.5 Å². The van der Waals surface area contributed by atoms with Gasteiger partial charge in [-0.2, -0.15) is 0 Å². The number of para-hydroxylation sites is 1. The number of rotatable bonds is 3. The fourth-order valence-electron chi connectivity index (χ4n) is 1.61. The van der Waals surface area contributed by atoms with Crippen LogP contribution in [0, 0.1) is 0 Å². The van der Waals surface area contributed by atoms with Crippen molar-refractivity contribution in [1.82, 2.24) is 4.98 Å². The molecule has 0 atom stereocenters. The van der Waals surface area contributed by atoms with E-state index in [0.29, 0.717) is 0 Å². The summed E-state index contributed by atoms with van der Waals surface area (Å²) in [7, 11) is 0. The average molecular weight is 237 g/mol. The van der Waals surface area contributed by atoms with E-state index in [-0.39, 0.29) is 0 Å². The van der Waals surface area contributed by atoms with Crippen LogP contribution in [0.3, 0.4) is 0 Å². The Kier molecular flexibility index (Phi) is 5.59. The summed E-state index contributed by atoms with van der Waals surface area (Å²) in [6.45, 7) is 11.5. The molecule has 0 unspecified atom stereocenters.